The molecule has 0 atom stereocenters. The molecule has 0 radical (unpaired) electrons. The summed E-state index contributed by atoms with van der Waals surface area (Å²) >= 11 is 0. The van der Waals surface area contributed by atoms with Gasteiger partial charge >= 0.3 is 12.1 Å². The fourth-order valence-electron chi connectivity index (χ4n) is 2.22. The van der Waals surface area contributed by atoms with E-state index < -0.39 is 11.7 Å². The largest absolute Gasteiger partial charge is 0.462 e. The van der Waals surface area contributed by atoms with Crippen molar-refractivity contribution in [1.82, 2.24) is 5.43 Å². The van der Waals surface area contributed by atoms with E-state index in [0.29, 0.717) is 17.9 Å². The predicted molar refractivity (Wildman–Crippen MR) is 92.9 cm³/mol. The molecule has 0 aliphatic carbocycles. The van der Waals surface area contributed by atoms with Crippen LogP contribution in [-0.2, 0) is 9.47 Å². The number of nitrogens with one attached hydrogen (secondary N) is 2. The zero-order valence-corrected chi connectivity index (χ0v) is 14.3. The number of esters is 1. The van der Waals surface area contributed by atoms with Crippen molar-refractivity contribution in [3.63, 3.8) is 0 Å². The highest BCUT2D eigenvalue weighted by atomic mass is 16.6. The highest BCUT2D eigenvalue weighted by Gasteiger charge is 2.17. The van der Waals surface area contributed by atoms with Crippen LogP contribution < -0.4 is 10.9 Å². The van der Waals surface area contributed by atoms with Gasteiger partial charge in [0.05, 0.1) is 17.9 Å². The SMILES string of the molecule is CCOC(=O)c1ccc(NNC(=O)OC(C)(C)C)c2ccccc12. The number of rotatable bonds is 4. The molecule has 2 N–H and O–H groups in total. The number of carbonyl (C=O) groups excluding carboxylic acids is 2. The third-order valence-corrected chi connectivity index (χ3v) is 3.12. The number of carbonyl (C=O) groups is 2. The fourth-order valence-corrected chi connectivity index (χ4v) is 2.22. The number of fused-ring (bicyclic) bond motifs is 1. The summed E-state index contributed by atoms with van der Waals surface area (Å²) in [5.74, 6) is -0.375. The third kappa shape index (κ3) is 4.38. The normalized spacial score (nSPS) is 11.0. The lowest BCUT2D eigenvalue weighted by atomic mass is 10.0. The second-order valence-electron chi connectivity index (χ2n) is 6.18. The Bertz CT molecular complexity index is 750. The molecule has 0 aliphatic heterocycles. The van der Waals surface area contributed by atoms with Crippen molar-refractivity contribution in [2.75, 3.05) is 12.0 Å². The Kier molecular flexibility index (Phi) is 5.28. The highest BCUT2D eigenvalue weighted by Crippen LogP contribution is 2.27. The molecule has 2 rings (SSSR count). The Morgan fingerprint density at radius 2 is 1.71 bits per heavy atom. The molecule has 0 aromatic heterocycles. The lowest BCUT2D eigenvalue weighted by molar-refractivity contribution is 0.0522. The van der Waals surface area contributed by atoms with E-state index in [2.05, 4.69) is 10.9 Å². The maximum Gasteiger partial charge on any atom is 0.426 e. The average Bonchev–Trinajstić information content (AvgIpc) is 2.51. The van der Waals surface area contributed by atoms with Gasteiger partial charge in [0.15, 0.2) is 0 Å². The van der Waals surface area contributed by atoms with Crippen LogP contribution in [0.15, 0.2) is 36.4 Å². The van der Waals surface area contributed by atoms with Gasteiger partial charge in [-0.25, -0.2) is 15.0 Å². The highest BCUT2D eigenvalue weighted by molar-refractivity contribution is 6.08. The molecular formula is C18H22N2O4. The maximum atomic E-state index is 12.1. The van der Waals surface area contributed by atoms with Gasteiger partial charge in [-0.1, -0.05) is 24.3 Å². The molecule has 2 aromatic rings. The van der Waals surface area contributed by atoms with Crippen LogP contribution in [0.4, 0.5) is 10.5 Å². The van der Waals surface area contributed by atoms with Crippen LogP contribution in [0.1, 0.15) is 38.1 Å². The van der Waals surface area contributed by atoms with Crippen molar-refractivity contribution in [1.29, 1.82) is 0 Å². The van der Waals surface area contributed by atoms with Crippen molar-refractivity contribution < 1.29 is 19.1 Å². The van der Waals surface area contributed by atoms with E-state index in [4.69, 9.17) is 9.47 Å². The molecule has 1 amide bonds. The molecule has 0 heterocycles. The molecule has 0 aliphatic rings. The number of benzene rings is 2. The lowest BCUT2D eigenvalue weighted by Crippen LogP contribution is -2.35. The van der Waals surface area contributed by atoms with Gasteiger partial charge in [0.25, 0.3) is 0 Å². The van der Waals surface area contributed by atoms with E-state index in [9.17, 15) is 9.59 Å². The Labute approximate surface area is 141 Å². The van der Waals surface area contributed by atoms with Gasteiger partial charge in [-0.3, -0.25) is 5.43 Å². The van der Waals surface area contributed by atoms with Gasteiger partial charge < -0.3 is 9.47 Å². The lowest BCUT2D eigenvalue weighted by Gasteiger charge is -2.20. The van der Waals surface area contributed by atoms with Gasteiger partial charge in [0, 0.05) is 5.39 Å². The van der Waals surface area contributed by atoms with Gasteiger partial charge in [-0.05, 0) is 45.2 Å². The molecular weight excluding hydrogens is 308 g/mol. The monoisotopic (exact) mass is 330 g/mol. The minimum atomic E-state index is -0.582. The first-order chi connectivity index (χ1) is 11.3. The summed E-state index contributed by atoms with van der Waals surface area (Å²) in [4.78, 5) is 23.8. The minimum absolute atomic E-state index is 0.313. The van der Waals surface area contributed by atoms with Gasteiger partial charge in [-0.2, -0.15) is 0 Å². The standard InChI is InChI=1S/C18H22N2O4/c1-5-23-16(21)14-10-11-15(13-9-7-6-8-12(13)14)19-20-17(22)24-18(2,3)4/h6-11,19H,5H2,1-4H3,(H,20,22). The van der Waals surface area contributed by atoms with Crippen LogP contribution in [0, 0.1) is 0 Å². The molecule has 0 saturated carbocycles. The van der Waals surface area contributed by atoms with Crippen molar-refractivity contribution in [3.8, 4) is 0 Å². The number of anilines is 1. The van der Waals surface area contributed by atoms with E-state index in [1.165, 1.54) is 0 Å². The Hall–Kier alpha value is -2.76. The summed E-state index contributed by atoms with van der Waals surface area (Å²) in [6.45, 7) is 7.44. The number of hydrogen-bond donors (Lipinski definition) is 2. The Morgan fingerprint density at radius 3 is 2.33 bits per heavy atom. The summed E-state index contributed by atoms with van der Waals surface area (Å²) in [7, 11) is 0. The van der Waals surface area contributed by atoms with E-state index in [0.717, 1.165) is 10.8 Å². The second-order valence-corrected chi connectivity index (χ2v) is 6.18. The topological polar surface area (TPSA) is 76.7 Å². The molecule has 24 heavy (non-hydrogen) atoms. The number of ether oxygens (including phenoxy) is 2. The summed E-state index contributed by atoms with van der Waals surface area (Å²) < 4.78 is 10.3. The first-order valence-electron chi connectivity index (χ1n) is 7.75. The molecule has 0 saturated heterocycles. The third-order valence-electron chi connectivity index (χ3n) is 3.12. The quantitative estimate of drug-likeness (QED) is 0.657. The summed E-state index contributed by atoms with van der Waals surface area (Å²) in [5.41, 5.74) is 5.88. The summed E-state index contributed by atoms with van der Waals surface area (Å²) in [5, 5.41) is 1.53. The van der Waals surface area contributed by atoms with Crippen LogP contribution in [-0.4, -0.2) is 24.3 Å². The minimum Gasteiger partial charge on any atom is -0.462 e. The van der Waals surface area contributed by atoms with Crippen LogP contribution >= 0.6 is 0 Å². The summed E-state index contributed by atoms with van der Waals surface area (Å²) in [6.07, 6.45) is -0.582. The maximum absolute atomic E-state index is 12.1. The van der Waals surface area contributed by atoms with Crippen molar-refractivity contribution in [3.05, 3.63) is 42.0 Å². The second kappa shape index (κ2) is 7.21. The van der Waals surface area contributed by atoms with E-state index in [1.54, 1.807) is 39.8 Å². The van der Waals surface area contributed by atoms with Crippen LogP contribution in [0.3, 0.4) is 0 Å². The Balaban J connectivity index is 2.25. The molecule has 0 fully saturated rings. The molecule has 0 bridgehead atoms. The number of hydrazine groups is 1. The molecule has 6 heteroatoms. The average molecular weight is 330 g/mol. The zero-order valence-electron chi connectivity index (χ0n) is 14.3. The van der Waals surface area contributed by atoms with Crippen LogP contribution in [0.5, 0.6) is 0 Å². The van der Waals surface area contributed by atoms with Crippen molar-refractivity contribution in [2.45, 2.75) is 33.3 Å². The van der Waals surface area contributed by atoms with Crippen molar-refractivity contribution >= 4 is 28.5 Å². The molecule has 128 valence electrons. The molecule has 6 nitrogen and oxygen atoms in total. The first-order valence-corrected chi connectivity index (χ1v) is 7.75. The van der Waals surface area contributed by atoms with E-state index in [1.807, 2.05) is 24.3 Å². The predicted octanol–water partition coefficient (Wildman–Crippen LogP) is 3.87. The van der Waals surface area contributed by atoms with E-state index in [-0.39, 0.29) is 5.97 Å². The number of hydrogen-bond acceptors (Lipinski definition) is 5. The first kappa shape index (κ1) is 17.6. The van der Waals surface area contributed by atoms with Gasteiger partial charge in [0.1, 0.15) is 5.60 Å². The van der Waals surface area contributed by atoms with Gasteiger partial charge in [-0.15, -0.1) is 0 Å². The number of amides is 1. The Morgan fingerprint density at radius 1 is 1.04 bits per heavy atom. The molecule has 2 aromatic carbocycles. The smallest absolute Gasteiger partial charge is 0.426 e. The zero-order chi connectivity index (χ0) is 17.7. The van der Waals surface area contributed by atoms with Crippen molar-refractivity contribution in [2.24, 2.45) is 0 Å². The fraction of sp³-hybridized carbons (Fsp3) is 0.333. The van der Waals surface area contributed by atoms with Crippen LogP contribution in [0.25, 0.3) is 10.8 Å². The summed E-state index contributed by atoms with van der Waals surface area (Å²) in [6, 6.07) is 10.8. The molecule has 0 unspecified atom stereocenters. The molecule has 0 spiro atoms. The van der Waals surface area contributed by atoms with E-state index >= 15 is 0 Å². The van der Waals surface area contributed by atoms with Crippen LogP contribution in [0.2, 0.25) is 0 Å². The van der Waals surface area contributed by atoms with Gasteiger partial charge in [0.2, 0.25) is 0 Å².